The molecule has 0 aromatic heterocycles. The van der Waals surface area contributed by atoms with Gasteiger partial charge in [0.15, 0.2) is 9.84 Å². The van der Waals surface area contributed by atoms with Crippen molar-refractivity contribution in [3.63, 3.8) is 0 Å². The molecule has 0 saturated carbocycles. The number of sulfone groups is 1. The van der Waals surface area contributed by atoms with E-state index in [2.05, 4.69) is 0 Å². The molecular weight excluding hydrogens is 322 g/mol. The highest BCUT2D eigenvalue weighted by Gasteiger charge is 2.33. The van der Waals surface area contributed by atoms with Crippen LogP contribution in [0.4, 0.5) is 0 Å². The van der Waals surface area contributed by atoms with Gasteiger partial charge in [-0.3, -0.25) is 4.79 Å². The van der Waals surface area contributed by atoms with Crippen LogP contribution in [0.25, 0.3) is 6.08 Å². The van der Waals surface area contributed by atoms with Crippen LogP contribution in [-0.2, 0) is 14.6 Å². The third-order valence-electron chi connectivity index (χ3n) is 3.69. The fourth-order valence-corrected chi connectivity index (χ4v) is 4.43. The van der Waals surface area contributed by atoms with Crippen LogP contribution in [0.5, 0.6) is 0 Å². The molecule has 1 aliphatic heterocycles. The van der Waals surface area contributed by atoms with Crippen LogP contribution < -0.4 is 0 Å². The molecule has 1 aliphatic rings. The van der Waals surface area contributed by atoms with Crippen molar-refractivity contribution in [2.75, 3.05) is 18.1 Å². The molecule has 1 atom stereocenters. The van der Waals surface area contributed by atoms with Gasteiger partial charge in [-0.2, -0.15) is 0 Å². The van der Waals surface area contributed by atoms with Crippen LogP contribution >= 0.6 is 11.6 Å². The number of hydrogen-bond acceptors (Lipinski definition) is 3. The second-order valence-corrected chi connectivity index (χ2v) is 8.14. The number of rotatable bonds is 5. The highest BCUT2D eigenvalue weighted by atomic mass is 35.5. The standard InChI is InChI=1S/C16H20ClNO3S/c1-2-10-18(15-9-11-22(20,21)12-15)16(19)8-5-13-3-6-14(17)7-4-13/h3-8,15H,2,9-12H2,1H3/b8-5+. The van der Waals surface area contributed by atoms with E-state index in [1.807, 2.05) is 19.1 Å². The van der Waals surface area contributed by atoms with Gasteiger partial charge in [0.1, 0.15) is 0 Å². The van der Waals surface area contributed by atoms with Crippen molar-refractivity contribution in [3.8, 4) is 0 Å². The van der Waals surface area contributed by atoms with Crippen LogP contribution in [0.15, 0.2) is 30.3 Å². The summed E-state index contributed by atoms with van der Waals surface area (Å²) in [5.41, 5.74) is 0.883. The lowest BCUT2D eigenvalue weighted by Crippen LogP contribution is -2.40. The van der Waals surface area contributed by atoms with E-state index in [-0.39, 0.29) is 23.5 Å². The monoisotopic (exact) mass is 341 g/mol. The van der Waals surface area contributed by atoms with Gasteiger partial charge >= 0.3 is 0 Å². The topological polar surface area (TPSA) is 54.5 Å². The number of amides is 1. The lowest BCUT2D eigenvalue weighted by Gasteiger charge is -2.26. The first kappa shape index (κ1) is 17.0. The third-order valence-corrected chi connectivity index (χ3v) is 5.69. The van der Waals surface area contributed by atoms with Crippen molar-refractivity contribution in [2.24, 2.45) is 0 Å². The lowest BCUT2D eigenvalue weighted by atomic mass is 10.2. The Bertz CT molecular complexity index is 652. The molecule has 1 unspecified atom stereocenters. The highest BCUT2D eigenvalue weighted by molar-refractivity contribution is 7.91. The van der Waals surface area contributed by atoms with E-state index in [4.69, 9.17) is 11.6 Å². The third kappa shape index (κ3) is 4.58. The fraction of sp³-hybridized carbons (Fsp3) is 0.438. The predicted molar refractivity (Wildman–Crippen MR) is 89.5 cm³/mol. The lowest BCUT2D eigenvalue weighted by molar-refractivity contribution is -0.127. The smallest absolute Gasteiger partial charge is 0.246 e. The second kappa shape index (κ2) is 7.29. The summed E-state index contributed by atoms with van der Waals surface area (Å²) in [5, 5.41) is 0.646. The summed E-state index contributed by atoms with van der Waals surface area (Å²) in [6, 6.07) is 6.98. The van der Waals surface area contributed by atoms with E-state index in [1.165, 1.54) is 6.08 Å². The van der Waals surface area contributed by atoms with Crippen LogP contribution in [0, 0.1) is 0 Å². The summed E-state index contributed by atoms with van der Waals surface area (Å²) in [6.07, 6.45) is 4.56. The van der Waals surface area contributed by atoms with E-state index in [9.17, 15) is 13.2 Å². The zero-order valence-corrected chi connectivity index (χ0v) is 14.1. The van der Waals surface area contributed by atoms with Gasteiger partial charge in [-0.25, -0.2) is 8.42 Å². The molecule has 1 aromatic carbocycles. The Kier molecular flexibility index (Phi) is 5.64. The van der Waals surface area contributed by atoms with Gasteiger partial charge in [0.25, 0.3) is 0 Å². The number of halogens is 1. The Hall–Kier alpha value is -1.33. The van der Waals surface area contributed by atoms with Gasteiger partial charge in [0.05, 0.1) is 11.5 Å². The van der Waals surface area contributed by atoms with E-state index >= 15 is 0 Å². The number of nitrogens with zero attached hydrogens (tertiary/aromatic N) is 1. The Morgan fingerprint density at radius 1 is 1.36 bits per heavy atom. The first-order chi connectivity index (χ1) is 10.4. The van der Waals surface area contributed by atoms with Gasteiger partial charge in [-0.05, 0) is 36.6 Å². The minimum Gasteiger partial charge on any atom is -0.335 e. The molecule has 0 radical (unpaired) electrons. The minimum absolute atomic E-state index is 0.0769. The van der Waals surface area contributed by atoms with E-state index in [0.717, 1.165) is 12.0 Å². The van der Waals surface area contributed by atoms with Crippen molar-refractivity contribution in [1.82, 2.24) is 4.90 Å². The van der Waals surface area contributed by atoms with Crippen molar-refractivity contribution >= 4 is 33.4 Å². The molecule has 0 N–H and O–H groups in total. The van der Waals surface area contributed by atoms with Crippen LogP contribution in [0.2, 0.25) is 5.02 Å². The Balaban J connectivity index is 2.08. The Morgan fingerprint density at radius 2 is 2.05 bits per heavy atom. The molecule has 0 aliphatic carbocycles. The largest absolute Gasteiger partial charge is 0.335 e. The maximum atomic E-state index is 12.4. The number of benzene rings is 1. The van der Waals surface area contributed by atoms with Crippen LogP contribution in [0.1, 0.15) is 25.3 Å². The molecule has 0 spiro atoms. The normalized spacial score (nSPS) is 20.4. The number of hydrogen-bond donors (Lipinski definition) is 0. The molecule has 6 heteroatoms. The van der Waals surface area contributed by atoms with Crippen molar-refractivity contribution in [3.05, 3.63) is 40.9 Å². The van der Waals surface area contributed by atoms with Gasteiger partial charge in [-0.15, -0.1) is 0 Å². The first-order valence-corrected chi connectivity index (χ1v) is 9.56. The minimum atomic E-state index is -3.00. The molecular formula is C16H20ClNO3S. The van der Waals surface area contributed by atoms with E-state index in [1.54, 1.807) is 23.1 Å². The molecule has 4 nitrogen and oxygen atoms in total. The van der Waals surface area contributed by atoms with Crippen molar-refractivity contribution < 1.29 is 13.2 Å². The summed E-state index contributed by atoms with van der Waals surface area (Å²) in [7, 11) is -3.00. The SMILES string of the molecule is CCCN(C(=O)/C=C/c1ccc(Cl)cc1)C1CCS(=O)(=O)C1. The molecule has 22 heavy (non-hydrogen) atoms. The molecule has 1 saturated heterocycles. The summed E-state index contributed by atoms with van der Waals surface area (Å²) in [6.45, 7) is 2.55. The Morgan fingerprint density at radius 3 is 2.59 bits per heavy atom. The molecule has 2 rings (SSSR count). The quantitative estimate of drug-likeness (QED) is 0.774. The summed E-state index contributed by atoms with van der Waals surface area (Å²) >= 11 is 5.82. The number of carbonyl (C=O) groups excluding carboxylic acids is 1. The number of carbonyl (C=O) groups is 1. The Labute approximate surface area is 136 Å². The van der Waals surface area contributed by atoms with Crippen molar-refractivity contribution in [1.29, 1.82) is 0 Å². The van der Waals surface area contributed by atoms with E-state index in [0.29, 0.717) is 18.0 Å². The zero-order valence-electron chi connectivity index (χ0n) is 12.5. The molecule has 1 amide bonds. The maximum Gasteiger partial charge on any atom is 0.246 e. The average molecular weight is 342 g/mol. The summed E-state index contributed by atoms with van der Waals surface area (Å²) in [5.74, 6) is 0.110. The predicted octanol–water partition coefficient (Wildman–Crippen LogP) is 2.78. The summed E-state index contributed by atoms with van der Waals surface area (Å²) < 4.78 is 23.2. The molecule has 1 aromatic rings. The molecule has 1 heterocycles. The van der Waals surface area contributed by atoms with Gasteiger partial charge < -0.3 is 4.90 Å². The summed E-state index contributed by atoms with van der Waals surface area (Å²) in [4.78, 5) is 14.1. The van der Waals surface area contributed by atoms with Crippen LogP contribution in [-0.4, -0.2) is 43.3 Å². The fourth-order valence-electron chi connectivity index (χ4n) is 2.57. The van der Waals surface area contributed by atoms with Gasteiger partial charge in [-0.1, -0.05) is 30.7 Å². The zero-order chi connectivity index (χ0) is 16.2. The van der Waals surface area contributed by atoms with Gasteiger partial charge in [0.2, 0.25) is 5.91 Å². The van der Waals surface area contributed by atoms with Crippen molar-refractivity contribution in [2.45, 2.75) is 25.8 Å². The van der Waals surface area contributed by atoms with E-state index < -0.39 is 9.84 Å². The van der Waals surface area contributed by atoms with Crippen LogP contribution in [0.3, 0.4) is 0 Å². The average Bonchev–Trinajstić information content (AvgIpc) is 2.83. The molecule has 1 fully saturated rings. The first-order valence-electron chi connectivity index (χ1n) is 7.36. The highest BCUT2D eigenvalue weighted by Crippen LogP contribution is 2.19. The second-order valence-electron chi connectivity index (χ2n) is 5.47. The maximum absolute atomic E-state index is 12.4. The molecule has 120 valence electrons. The van der Waals surface area contributed by atoms with Gasteiger partial charge in [0, 0.05) is 23.7 Å². The molecule has 0 bridgehead atoms.